The van der Waals surface area contributed by atoms with Gasteiger partial charge in [0.2, 0.25) is 5.91 Å². The maximum Gasteiger partial charge on any atom is 0.241 e. The number of likely N-dealkylation sites (tertiary alicyclic amines) is 1. The number of aromatic nitrogens is 1. The molecule has 2 fully saturated rings. The standard InChI is InChI=1S/C21H25FN4O/c22-18-3-1-15(2-4-18)13-16-7-11-26(12-8-16)21(27)20-14-19(24-25-20)17-5-9-23-10-6-17/h1-6,9-10,16,19-20,24-25H,7-8,11-14H2. The lowest BCUT2D eigenvalue weighted by molar-refractivity contribution is -0.134. The van der Waals surface area contributed by atoms with Gasteiger partial charge in [0.25, 0.3) is 0 Å². The van der Waals surface area contributed by atoms with E-state index in [-0.39, 0.29) is 23.8 Å². The van der Waals surface area contributed by atoms with Crippen molar-refractivity contribution < 1.29 is 9.18 Å². The first kappa shape index (κ1) is 18.1. The van der Waals surface area contributed by atoms with E-state index >= 15 is 0 Å². The van der Waals surface area contributed by atoms with E-state index in [1.54, 1.807) is 12.4 Å². The molecular formula is C21H25FN4O. The summed E-state index contributed by atoms with van der Waals surface area (Å²) in [4.78, 5) is 18.9. The van der Waals surface area contributed by atoms with Gasteiger partial charge in [-0.2, -0.15) is 0 Å². The lowest BCUT2D eigenvalue weighted by atomic mass is 9.90. The number of piperidine rings is 1. The second-order valence-electron chi connectivity index (χ2n) is 7.51. The van der Waals surface area contributed by atoms with Gasteiger partial charge in [-0.1, -0.05) is 12.1 Å². The summed E-state index contributed by atoms with van der Waals surface area (Å²) in [7, 11) is 0. The van der Waals surface area contributed by atoms with Crippen molar-refractivity contribution in [2.24, 2.45) is 5.92 Å². The van der Waals surface area contributed by atoms with Gasteiger partial charge in [0, 0.05) is 31.5 Å². The first-order valence-electron chi connectivity index (χ1n) is 9.63. The second-order valence-corrected chi connectivity index (χ2v) is 7.51. The van der Waals surface area contributed by atoms with Crippen molar-refractivity contribution in [3.05, 3.63) is 65.7 Å². The number of benzene rings is 1. The van der Waals surface area contributed by atoms with Crippen LogP contribution in [0.25, 0.3) is 0 Å². The lowest BCUT2D eigenvalue weighted by Crippen LogP contribution is -2.48. The molecular weight excluding hydrogens is 343 g/mol. The highest BCUT2D eigenvalue weighted by Gasteiger charge is 2.34. The minimum Gasteiger partial charge on any atom is -0.341 e. The number of nitrogens with one attached hydrogen (secondary N) is 2. The Kier molecular flexibility index (Phi) is 5.45. The average molecular weight is 368 g/mol. The number of halogens is 1. The van der Waals surface area contributed by atoms with Crippen LogP contribution in [0.2, 0.25) is 0 Å². The van der Waals surface area contributed by atoms with Crippen LogP contribution >= 0.6 is 0 Å². The van der Waals surface area contributed by atoms with E-state index in [2.05, 4.69) is 15.8 Å². The zero-order valence-corrected chi connectivity index (χ0v) is 15.3. The van der Waals surface area contributed by atoms with E-state index in [0.29, 0.717) is 5.92 Å². The first-order chi connectivity index (χ1) is 13.2. The van der Waals surface area contributed by atoms with Gasteiger partial charge in [0.15, 0.2) is 0 Å². The molecule has 4 rings (SSSR count). The largest absolute Gasteiger partial charge is 0.341 e. The molecule has 5 nitrogen and oxygen atoms in total. The summed E-state index contributed by atoms with van der Waals surface area (Å²) in [5, 5.41) is 0. The fourth-order valence-electron chi connectivity index (χ4n) is 4.06. The molecule has 0 aliphatic carbocycles. The normalized spacial score (nSPS) is 23.5. The minimum absolute atomic E-state index is 0.137. The SMILES string of the molecule is O=C(C1CC(c2ccncc2)NN1)N1CCC(Cc2ccc(F)cc2)CC1. The van der Waals surface area contributed by atoms with E-state index in [4.69, 9.17) is 0 Å². The molecule has 0 radical (unpaired) electrons. The van der Waals surface area contributed by atoms with Crippen LogP contribution < -0.4 is 10.9 Å². The molecule has 0 spiro atoms. The van der Waals surface area contributed by atoms with Crippen LogP contribution in [0.3, 0.4) is 0 Å². The molecule has 2 unspecified atom stereocenters. The summed E-state index contributed by atoms with van der Waals surface area (Å²) < 4.78 is 13.0. The Morgan fingerprint density at radius 1 is 1.07 bits per heavy atom. The van der Waals surface area contributed by atoms with Gasteiger partial charge in [0.05, 0.1) is 0 Å². The summed E-state index contributed by atoms with van der Waals surface area (Å²) >= 11 is 0. The van der Waals surface area contributed by atoms with Gasteiger partial charge in [-0.15, -0.1) is 0 Å². The monoisotopic (exact) mass is 368 g/mol. The van der Waals surface area contributed by atoms with Crippen LogP contribution in [0.15, 0.2) is 48.8 Å². The van der Waals surface area contributed by atoms with Crippen LogP contribution in [0.5, 0.6) is 0 Å². The van der Waals surface area contributed by atoms with Crippen LogP contribution in [0, 0.1) is 11.7 Å². The maximum atomic E-state index is 13.0. The fraction of sp³-hybridized carbons (Fsp3) is 0.429. The smallest absolute Gasteiger partial charge is 0.241 e. The van der Waals surface area contributed by atoms with Gasteiger partial charge < -0.3 is 4.90 Å². The number of nitrogens with zero attached hydrogens (tertiary/aromatic N) is 2. The number of amides is 1. The molecule has 2 aliphatic rings. The number of carbonyl (C=O) groups excluding carboxylic acids is 1. The van der Waals surface area contributed by atoms with Crippen LogP contribution in [-0.4, -0.2) is 34.9 Å². The maximum absolute atomic E-state index is 13.0. The molecule has 2 aliphatic heterocycles. The van der Waals surface area contributed by atoms with Crippen molar-refractivity contribution in [3.63, 3.8) is 0 Å². The number of hydrogen-bond donors (Lipinski definition) is 2. The lowest BCUT2D eigenvalue weighted by Gasteiger charge is -2.33. The molecule has 142 valence electrons. The average Bonchev–Trinajstić information content (AvgIpc) is 3.21. The minimum atomic E-state index is -0.193. The number of hydrazine groups is 1. The Balaban J connectivity index is 1.27. The number of pyridine rings is 1. The fourth-order valence-corrected chi connectivity index (χ4v) is 4.06. The van der Waals surface area contributed by atoms with Crippen LogP contribution in [-0.2, 0) is 11.2 Å². The number of hydrogen-bond acceptors (Lipinski definition) is 4. The third-order valence-corrected chi connectivity index (χ3v) is 5.67. The number of rotatable bonds is 4. The zero-order chi connectivity index (χ0) is 18.6. The Hall–Kier alpha value is -2.31. The van der Waals surface area contributed by atoms with Gasteiger partial charge >= 0.3 is 0 Å². The van der Waals surface area contributed by atoms with E-state index in [1.165, 1.54) is 17.7 Å². The molecule has 27 heavy (non-hydrogen) atoms. The molecule has 2 aromatic rings. The predicted octanol–water partition coefficient (Wildman–Crippen LogP) is 2.61. The Labute approximate surface area is 159 Å². The van der Waals surface area contributed by atoms with Crippen molar-refractivity contribution in [3.8, 4) is 0 Å². The van der Waals surface area contributed by atoms with Crippen molar-refractivity contribution >= 4 is 5.91 Å². The number of carbonyl (C=O) groups is 1. The summed E-state index contributed by atoms with van der Waals surface area (Å²) in [6.07, 6.45) is 7.25. The highest BCUT2D eigenvalue weighted by Crippen LogP contribution is 2.26. The van der Waals surface area contributed by atoms with E-state index in [9.17, 15) is 9.18 Å². The van der Waals surface area contributed by atoms with Crippen molar-refractivity contribution in [1.82, 2.24) is 20.7 Å². The molecule has 2 saturated heterocycles. The third kappa shape index (κ3) is 4.34. The van der Waals surface area contributed by atoms with Gasteiger partial charge in [-0.25, -0.2) is 15.2 Å². The summed E-state index contributed by atoms with van der Waals surface area (Å²) in [5.41, 5.74) is 8.71. The molecule has 1 aromatic carbocycles. The Morgan fingerprint density at radius 2 is 1.78 bits per heavy atom. The van der Waals surface area contributed by atoms with Crippen LogP contribution in [0.4, 0.5) is 4.39 Å². The highest BCUT2D eigenvalue weighted by molar-refractivity contribution is 5.82. The topological polar surface area (TPSA) is 57.3 Å². The first-order valence-corrected chi connectivity index (χ1v) is 9.63. The van der Waals surface area contributed by atoms with Crippen molar-refractivity contribution in [1.29, 1.82) is 0 Å². The van der Waals surface area contributed by atoms with Crippen LogP contribution in [0.1, 0.15) is 36.4 Å². The van der Waals surface area contributed by atoms with Gasteiger partial charge in [-0.05, 0) is 67.0 Å². The molecule has 6 heteroatoms. The molecule has 2 N–H and O–H groups in total. The third-order valence-electron chi connectivity index (χ3n) is 5.67. The predicted molar refractivity (Wildman–Crippen MR) is 101 cm³/mol. The van der Waals surface area contributed by atoms with Gasteiger partial charge in [0.1, 0.15) is 11.9 Å². The zero-order valence-electron chi connectivity index (χ0n) is 15.3. The molecule has 1 aromatic heterocycles. The molecule has 3 heterocycles. The quantitative estimate of drug-likeness (QED) is 0.871. The van der Waals surface area contributed by atoms with Crippen molar-refractivity contribution in [2.45, 2.75) is 37.8 Å². The van der Waals surface area contributed by atoms with E-state index in [0.717, 1.165) is 44.3 Å². The van der Waals surface area contributed by atoms with Gasteiger partial charge in [-0.3, -0.25) is 9.78 Å². The van der Waals surface area contributed by atoms with E-state index < -0.39 is 0 Å². The second kappa shape index (κ2) is 8.15. The van der Waals surface area contributed by atoms with E-state index in [1.807, 2.05) is 29.2 Å². The summed E-state index contributed by atoms with van der Waals surface area (Å²) in [6.45, 7) is 1.59. The Bertz CT molecular complexity index is 760. The van der Waals surface area contributed by atoms with Crippen molar-refractivity contribution in [2.75, 3.05) is 13.1 Å². The Morgan fingerprint density at radius 3 is 2.48 bits per heavy atom. The summed E-state index contributed by atoms with van der Waals surface area (Å²) in [5.74, 6) is 0.542. The molecule has 1 amide bonds. The summed E-state index contributed by atoms with van der Waals surface area (Å²) in [6, 6.07) is 10.7. The molecule has 2 atom stereocenters. The highest BCUT2D eigenvalue weighted by atomic mass is 19.1. The molecule has 0 bridgehead atoms. The molecule has 0 saturated carbocycles.